The minimum atomic E-state index is 0.648. The van der Waals surface area contributed by atoms with Crippen molar-refractivity contribution >= 4 is 12.2 Å². The van der Waals surface area contributed by atoms with Gasteiger partial charge in [-0.25, -0.2) is 0 Å². The molecule has 0 amide bonds. The fourth-order valence-corrected chi connectivity index (χ4v) is 1.83. The van der Waals surface area contributed by atoms with Crippen LogP contribution in [0.1, 0.15) is 16.7 Å². The Hall–Kier alpha value is -2.73. The molecule has 2 aromatic rings. The maximum atomic E-state index is 8.88. The zero-order valence-corrected chi connectivity index (χ0v) is 11.5. The van der Waals surface area contributed by atoms with Crippen LogP contribution in [0.15, 0.2) is 42.5 Å². The van der Waals surface area contributed by atoms with Gasteiger partial charge in [-0.1, -0.05) is 24.3 Å². The maximum Gasteiger partial charge on any atom is 0.123 e. The van der Waals surface area contributed by atoms with Gasteiger partial charge in [0, 0.05) is 6.07 Å². The van der Waals surface area contributed by atoms with Crippen LogP contribution >= 0.6 is 0 Å². The smallest absolute Gasteiger partial charge is 0.123 e. The minimum Gasteiger partial charge on any atom is -0.497 e. The van der Waals surface area contributed by atoms with Crippen LogP contribution in [0.3, 0.4) is 0 Å². The topological polar surface area (TPSA) is 42.2 Å². The van der Waals surface area contributed by atoms with Gasteiger partial charge in [-0.05, 0) is 35.4 Å². The van der Waals surface area contributed by atoms with Gasteiger partial charge >= 0.3 is 0 Å². The molecule has 0 radical (unpaired) electrons. The zero-order valence-electron chi connectivity index (χ0n) is 11.5. The van der Waals surface area contributed by atoms with E-state index in [-0.39, 0.29) is 0 Å². The molecule has 0 spiro atoms. The molecule has 0 atom stereocenters. The number of hydrogen-bond acceptors (Lipinski definition) is 3. The quantitative estimate of drug-likeness (QED) is 0.791. The zero-order chi connectivity index (χ0) is 14.4. The summed E-state index contributed by atoms with van der Waals surface area (Å²) < 4.78 is 10.5. The highest BCUT2D eigenvalue weighted by molar-refractivity contribution is 5.71. The van der Waals surface area contributed by atoms with Crippen LogP contribution in [0.4, 0.5) is 0 Å². The van der Waals surface area contributed by atoms with Crippen LogP contribution in [0.2, 0.25) is 0 Å². The highest BCUT2D eigenvalue weighted by Gasteiger charge is 1.99. The molecule has 0 N–H and O–H groups in total. The van der Waals surface area contributed by atoms with Crippen molar-refractivity contribution in [2.45, 2.75) is 0 Å². The monoisotopic (exact) mass is 265 g/mol. The second-order valence-corrected chi connectivity index (χ2v) is 4.22. The third-order valence-corrected chi connectivity index (χ3v) is 2.86. The lowest BCUT2D eigenvalue weighted by Gasteiger charge is -2.05. The standard InChI is InChI=1S/C17H15NO2/c1-19-16-9-14(10-17(11-16)20-2)7-6-13-4-3-5-15(8-13)12-18/h3-11H,1-2H3/b7-6+. The average Bonchev–Trinajstić information content (AvgIpc) is 2.52. The van der Waals surface area contributed by atoms with E-state index in [1.807, 2.05) is 48.6 Å². The van der Waals surface area contributed by atoms with Gasteiger partial charge in [-0.3, -0.25) is 0 Å². The predicted molar refractivity (Wildman–Crippen MR) is 79.6 cm³/mol. The molecule has 3 nitrogen and oxygen atoms in total. The van der Waals surface area contributed by atoms with E-state index < -0.39 is 0 Å². The van der Waals surface area contributed by atoms with E-state index >= 15 is 0 Å². The van der Waals surface area contributed by atoms with Crippen molar-refractivity contribution in [2.24, 2.45) is 0 Å². The number of rotatable bonds is 4. The molecule has 0 aliphatic heterocycles. The first-order valence-corrected chi connectivity index (χ1v) is 6.16. The van der Waals surface area contributed by atoms with Crippen LogP contribution in [-0.4, -0.2) is 14.2 Å². The summed E-state index contributed by atoms with van der Waals surface area (Å²) in [5.74, 6) is 1.49. The van der Waals surface area contributed by atoms with Gasteiger partial charge in [-0.2, -0.15) is 5.26 Å². The second kappa shape index (κ2) is 6.44. The predicted octanol–water partition coefficient (Wildman–Crippen LogP) is 3.75. The largest absolute Gasteiger partial charge is 0.497 e. The molecule has 0 saturated heterocycles. The lowest BCUT2D eigenvalue weighted by Crippen LogP contribution is -1.88. The Morgan fingerprint density at radius 3 is 2.15 bits per heavy atom. The van der Waals surface area contributed by atoms with E-state index in [4.69, 9.17) is 14.7 Å². The summed E-state index contributed by atoms with van der Waals surface area (Å²) in [4.78, 5) is 0. The first-order chi connectivity index (χ1) is 9.75. The van der Waals surface area contributed by atoms with Gasteiger partial charge in [0.05, 0.1) is 25.9 Å². The summed E-state index contributed by atoms with van der Waals surface area (Å²) in [7, 11) is 3.25. The number of benzene rings is 2. The van der Waals surface area contributed by atoms with Crippen molar-refractivity contribution in [3.63, 3.8) is 0 Å². The number of ether oxygens (including phenoxy) is 2. The van der Waals surface area contributed by atoms with Gasteiger partial charge in [0.2, 0.25) is 0 Å². The summed E-state index contributed by atoms with van der Waals surface area (Å²) in [5.41, 5.74) is 2.60. The molecule has 0 saturated carbocycles. The fraction of sp³-hybridized carbons (Fsp3) is 0.118. The van der Waals surface area contributed by atoms with Crippen LogP contribution in [-0.2, 0) is 0 Å². The molecule has 20 heavy (non-hydrogen) atoms. The molecule has 0 aliphatic carbocycles. The molecular weight excluding hydrogens is 250 g/mol. The fourth-order valence-electron chi connectivity index (χ4n) is 1.83. The molecule has 3 heteroatoms. The van der Waals surface area contributed by atoms with Gasteiger partial charge < -0.3 is 9.47 Å². The number of nitriles is 1. The van der Waals surface area contributed by atoms with E-state index in [1.165, 1.54) is 0 Å². The third kappa shape index (κ3) is 3.39. The summed E-state index contributed by atoms with van der Waals surface area (Å²) in [6.45, 7) is 0. The van der Waals surface area contributed by atoms with Crippen molar-refractivity contribution in [1.29, 1.82) is 5.26 Å². The minimum absolute atomic E-state index is 0.648. The maximum absolute atomic E-state index is 8.88. The Morgan fingerprint density at radius 2 is 1.55 bits per heavy atom. The first-order valence-electron chi connectivity index (χ1n) is 6.16. The highest BCUT2D eigenvalue weighted by Crippen LogP contribution is 2.23. The second-order valence-electron chi connectivity index (χ2n) is 4.22. The van der Waals surface area contributed by atoms with Crippen molar-refractivity contribution in [3.05, 3.63) is 59.2 Å². The molecule has 0 bridgehead atoms. The van der Waals surface area contributed by atoms with Crippen molar-refractivity contribution in [1.82, 2.24) is 0 Å². The molecule has 0 heterocycles. The lowest BCUT2D eigenvalue weighted by atomic mass is 10.1. The molecule has 100 valence electrons. The number of hydrogen-bond donors (Lipinski definition) is 0. The van der Waals surface area contributed by atoms with E-state index in [2.05, 4.69) is 6.07 Å². The summed E-state index contributed by atoms with van der Waals surface area (Å²) in [6, 6.07) is 15.2. The summed E-state index contributed by atoms with van der Waals surface area (Å²) in [5, 5.41) is 8.88. The van der Waals surface area contributed by atoms with Gasteiger partial charge in [-0.15, -0.1) is 0 Å². The summed E-state index contributed by atoms with van der Waals surface area (Å²) >= 11 is 0. The average molecular weight is 265 g/mol. The molecule has 2 rings (SSSR count). The van der Waals surface area contributed by atoms with Crippen LogP contribution in [0, 0.1) is 11.3 Å². The van der Waals surface area contributed by atoms with E-state index in [0.717, 1.165) is 22.6 Å². The van der Waals surface area contributed by atoms with Gasteiger partial charge in [0.1, 0.15) is 11.5 Å². The summed E-state index contributed by atoms with van der Waals surface area (Å²) in [6.07, 6.45) is 3.91. The Kier molecular flexibility index (Phi) is 4.41. The SMILES string of the molecule is COc1cc(/C=C/c2cccc(C#N)c2)cc(OC)c1. The van der Waals surface area contributed by atoms with E-state index in [1.54, 1.807) is 20.3 Å². The third-order valence-electron chi connectivity index (χ3n) is 2.86. The Balaban J connectivity index is 2.28. The normalized spacial score (nSPS) is 10.2. The van der Waals surface area contributed by atoms with Crippen molar-refractivity contribution in [2.75, 3.05) is 14.2 Å². The van der Waals surface area contributed by atoms with Crippen molar-refractivity contribution < 1.29 is 9.47 Å². The van der Waals surface area contributed by atoms with Crippen LogP contribution in [0.5, 0.6) is 11.5 Å². The number of nitrogens with zero attached hydrogens (tertiary/aromatic N) is 1. The van der Waals surface area contributed by atoms with Crippen LogP contribution in [0.25, 0.3) is 12.2 Å². The number of methoxy groups -OCH3 is 2. The Morgan fingerprint density at radius 1 is 0.900 bits per heavy atom. The Bertz CT molecular complexity index is 647. The van der Waals surface area contributed by atoms with Gasteiger partial charge in [0.25, 0.3) is 0 Å². The highest BCUT2D eigenvalue weighted by atomic mass is 16.5. The van der Waals surface area contributed by atoms with Crippen molar-refractivity contribution in [3.8, 4) is 17.6 Å². The Labute approximate surface area is 118 Å². The van der Waals surface area contributed by atoms with E-state index in [9.17, 15) is 0 Å². The lowest BCUT2D eigenvalue weighted by molar-refractivity contribution is 0.394. The van der Waals surface area contributed by atoms with Crippen LogP contribution < -0.4 is 9.47 Å². The molecule has 0 aliphatic rings. The van der Waals surface area contributed by atoms with Gasteiger partial charge in [0.15, 0.2) is 0 Å². The molecular formula is C17H15NO2. The first kappa shape index (κ1) is 13.7. The molecule has 2 aromatic carbocycles. The molecule has 0 unspecified atom stereocenters. The molecule has 0 aromatic heterocycles. The van der Waals surface area contributed by atoms with E-state index in [0.29, 0.717) is 5.56 Å². The molecule has 0 fully saturated rings.